The molecule has 124 valence electrons. The molecule has 0 saturated carbocycles. The van der Waals surface area contributed by atoms with Gasteiger partial charge in [0.05, 0.1) is 10.8 Å². The molecule has 0 saturated heterocycles. The predicted molar refractivity (Wildman–Crippen MR) is 95.7 cm³/mol. The molecular formula is C18H20N4OS. The molecule has 1 atom stereocenters. The van der Waals surface area contributed by atoms with Crippen LogP contribution in [0.2, 0.25) is 0 Å². The van der Waals surface area contributed by atoms with Gasteiger partial charge in [0.1, 0.15) is 16.9 Å². The second-order valence-corrected chi connectivity index (χ2v) is 6.66. The molecule has 0 bridgehead atoms. The number of hydrogen-bond acceptors (Lipinski definition) is 5. The molecule has 0 aliphatic heterocycles. The number of aromatic nitrogens is 2. The summed E-state index contributed by atoms with van der Waals surface area (Å²) in [6.07, 6.45) is 4.65. The van der Waals surface area contributed by atoms with E-state index >= 15 is 0 Å². The minimum atomic E-state index is -0.381. The maximum Gasteiger partial charge on any atom is 0.238 e. The first-order chi connectivity index (χ1) is 11.6. The number of anilines is 1. The van der Waals surface area contributed by atoms with Gasteiger partial charge in [0.15, 0.2) is 0 Å². The maximum atomic E-state index is 12.3. The van der Waals surface area contributed by atoms with Crippen molar-refractivity contribution < 1.29 is 4.79 Å². The third-order valence-electron chi connectivity index (χ3n) is 3.40. The van der Waals surface area contributed by atoms with Gasteiger partial charge >= 0.3 is 0 Å². The number of carbonyl (C=O) groups is 1. The fraction of sp³-hybridized carbons (Fsp3) is 0.333. The Kier molecular flexibility index (Phi) is 6.76. The first-order valence-corrected chi connectivity index (χ1v) is 8.80. The predicted octanol–water partition coefficient (Wildman–Crippen LogP) is 3.81. The monoisotopic (exact) mass is 340 g/mol. The molecule has 24 heavy (non-hydrogen) atoms. The van der Waals surface area contributed by atoms with Crippen LogP contribution in [-0.4, -0.2) is 21.1 Å². The Morgan fingerprint density at radius 1 is 1.38 bits per heavy atom. The van der Waals surface area contributed by atoms with Gasteiger partial charge in [-0.25, -0.2) is 9.97 Å². The Morgan fingerprint density at radius 2 is 2.21 bits per heavy atom. The van der Waals surface area contributed by atoms with Crippen molar-refractivity contribution in [2.75, 3.05) is 5.32 Å². The zero-order valence-electron chi connectivity index (χ0n) is 13.8. The Balaban J connectivity index is 2.08. The number of thioether (sulfide) groups is 1. The lowest BCUT2D eigenvalue weighted by Gasteiger charge is -2.12. The molecule has 1 amide bonds. The molecule has 1 unspecified atom stereocenters. The number of aryl methyl sites for hydroxylation is 1. The summed E-state index contributed by atoms with van der Waals surface area (Å²) in [5.74, 6) is 0.350. The summed E-state index contributed by atoms with van der Waals surface area (Å²) < 4.78 is 0. The van der Waals surface area contributed by atoms with Gasteiger partial charge in [-0.15, -0.1) is 0 Å². The standard InChI is InChI=1S/C18H20N4OS/c1-3-4-7-15-10-9-14(12-19)18(21-15)24-13(2)17(23)22-16-8-5-6-11-20-16/h5-6,8-11,13H,3-4,7H2,1-2H3,(H,20,22,23). The van der Waals surface area contributed by atoms with Gasteiger partial charge in [-0.2, -0.15) is 5.26 Å². The highest BCUT2D eigenvalue weighted by Crippen LogP contribution is 2.26. The molecule has 6 heteroatoms. The van der Waals surface area contributed by atoms with Crippen LogP contribution in [0.1, 0.15) is 37.9 Å². The average Bonchev–Trinajstić information content (AvgIpc) is 2.61. The van der Waals surface area contributed by atoms with Crippen LogP contribution in [0.5, 0.6) is 0 Å². The molecule has 0 aliphatic carbocycles. The van der Waals surface area contributed by atoms with E-state index in [1.165, 1.54) is 11.8 Å². The van der Waals surface area contributed by atoms with Crippen LogP contribution in [0.25, 0.3) is 0 Å². The Labute approximate surface area is 146 Å². The van der Waals surface area contributed by atoms with Crippen molar-refractivity contribution in [1.29, 1.82) is 5.26 Å². The number of pyridine rings is 2. The van der Waals surface area contributed by atoms with Gasteiger partial charge in [-0.3, -0.25) is 4.79 Å². The summed E-state index contributed by atoms with van der Waals surface area (Å²) in [6.45, 7) is 3.92. The van der Waals surface area contributed by atoms with Crippen molar-refractivity contribution in [3.63, 3.8) is 0 Å². The number of nitriles is 1. The molecular weight excluding hydrogens is 320 g/mol. The van der Waals surface area contributed by atoms with Gasteiger partial charge in [0.25, 0.3) is 0 Å². The molecule has 0 spiro atoms. The van der Waals surface area contributed by atoms with Crippen LogP contribution in [0.15, 0.2) is 41.6 Å². The second kappa shape index (κ2) is 9.04. The highest BCUT2D eigenvalue weighted by atomic mass is 32.2. The van der Waals surface area contributed by atoms with Crippen molar-refractivity contribution in [1.82, 2.24) is 9.97 Å². The third-order valence-corrected chi connectivity index (χ3v) is 4.50. The van der Waals surface area contributed by atoms with E-state index in [4.69, 9.17) is 0 Å². The number of nitrogens with zero attached hydrogens (tertiary/aromatic N) is 3. The van der Waals surface area contributed by atoms with Gasteiger partial charge in [-0.05, 0) is 44.0 Å². The van der Waals surface area contributed by atoms with E-state index in [1.54, 1.807) is 31.3 Å². The highest BCUT2D eigenvalue weighted by Gasteiger charge is 2.18. The maximum absolute atomic E-state index is 12.3. The Morgan fingerprint density at radius 3 is 2.88 bits per heavy atom. The van der Waals surface area contributed by atoms with Gasteiger partial charge in [0.2, 0.25) is 5.91 Å². The molecule has 2 rings (SSSR count). The van der Waals surface area contributed by atoms with Crippen molar-refractivity contribution in [3.8, 4) is 6.07 Å². The van der Waals surface area contributed by atoms with E-state index in [2.05, 4.69) is 28.3 Å². The van der Waals surface area contributed by atoms with Crippen LogP contribution in [-0.2, 0) is 11.2 Å². The molecule has 0 aliphatic rings. The molecule has 5 nitrogen and oxygen atoms in total. The van der Waals surface area contributed by atoms with E-state index in [0.717, 1.165) is 25.0 Å². The smallest absolute Gasteiger partial charge is 0.238 e. The summed E-state index contributed by atoms with van der Waals surface area (Å²) in [6, 6.07) is 11.2. The minimum Gasteiger partial charge on any atom is -0.310 e. The first-order valence-electron chi connectivity index (χ1n) is 7.92. The van der Waals surface area contributed by atoms with Gasteiger partial charge in [-0.1, -0.05) is 31.2 Å². The van der Waals surface area contributed by atoms with Crippen LogP contribution in [0.4, 0.5) is 5.82 Å². The number of rotatable bonds is 7. The van der Waals surface area contributed by atoms with E-state index in [9.17, 15) is 10.1 Å². The number of unbranched alkanes of at least 4 members (excludes halogenated alkanes) is 1. The van der Waals surface area contributed by atoms with Crippen molar-refractivity contribution in [2.45, 2.75) is 43.4 Å². The van der Waals surface area contributed by atoms with E-state index in [-0.39, 0.29) is 11.2 Å². The number of carbonyl (C=O) groups excluding carboxylic acids is 1. The van der Waals surface area contributed by atoms with Crippen LogP contribution in [0.3, 0.4) is 0 Å². The largest absolute Gasteiger partial charge is 0.310 e. The molecule has 0 radical (unpaired) electrons. The fourth-order valence-corrected chi connectivity index (χ4v) is 2.95. The lowest BCUT2D eigenvalue weighted by Crippen LogP contribution is -2.23. The lowest BCUT2D eigenvalue weighted by atomic mass is 10.2. The Bertz CT molecular complexity index is 728. The van der Waals surface area contributed by atoms with Crippen molar-refractivity contribution in [3.05, 3.63) is 47.8 Å². The summed E-state index contributed by atoms with van der Waals surface area (Å²) in [4.78, 5) is 20.9. The number of hydrogen-bond donors (Lipinski definition) is 1. The molecule has 0 fully saturated rings. The van der Waals surface area contributed by atoms with E-state index in [1.807, 2.05) is 12.1 Å². The zero-order valence-corrected chi connectivity index (χ0v) is 14.6. The Hall–Kier alpha value is -2.39. The van der Waals surface area contributed by atoms with Gasteiger partial charge < -0.3 is 5.32 Å². The summed E-state index contributed by atoms with van der Waals surface area (Å²) in [7, 11) is 0. The van der Waals surface area contributed by atoms with E-state index in [0.29, 0.717) is 16.4 Å². The highest BCUT2D eigenvalue weighted by molar-refractivity contribution is 8.00. The molecule has 2 heterocycles. The normalized spacial score (nSPS) is 11.5. The first kappa shape index (κ1) is 18.0. The minimum absolute atomic E-state index is 0.164. The average molecular weight is 340 g/mol. The molecule has 0 aromatic carbocycles. The molecule has 2 aromatic rings. The SMILES string of the molecule is CCCCc1ccc(C#N)c(SC(C)C(=O)Nc2ccccn2)n1. The van der Waals surface area contributed by atoms with Crippen molar-refractivity contribution in [2.24, 2.45) is 0 Å². The van der Waals surface area contributed by atoms with Crippen LogP contribution >= 0.6 is 11.8 Å². The quantitative estimate of drug-likeness (QED) is 0.775. The summed E-state index contributed by atoms with van der Waals surface area (Å²) in [5, 5.41) is 12.2. The topological polar surface area (TPSA) is 78.7 Å². The van der Waals surface area contributed by atoms with Crippen molar-refractivity contribution >= 4 is 23.5 Å². The molecule has 2 aromatic heterocycles. The van der Waals surface area contributed by atoms with Gasteiger partial charge in [0, 0.05) is 11.9 Å². The lowest BCUT2D eigenvalue weighted by molar-refractivity contribution is -0.115. The third kappa shape index (κ3) is 5.07. The summed E-state index contributed by atoms with van der Waals surface area (Å²) in [5.41, 5.74) is 1.45. The van der Waals surface area contributed by atoms with Crippen LogP contribution in [0, 0.1) is 11.3 Å². The number of nitrogens with one attached hydrogen (secondary N) is 1. The van der Waals surface area contributed by atoms with Crippen LogP contribution < -0.4 is 5.32 Å². The van der Waals surface area contributed by atoms with E-state index < -0.39 is 0 Å². The molecule has 1 N–H and O–H groups in total. The zero-order chi connectivity index (χ0) is 17.4. The summed E-state index contributed by atoms with van der Waals surface area (Å²) >= 11 is 1.30. The fourth-order valence-electron chi connectivity index (χ4n) is 2.04. The number of amides is 1. The second-order valence-electron chi connectivity index (χ2n) is 5.33.